The van der Waals surface area contributed by atoms with Crippen molar-refractivity contribution in [3.8, 4) is 19.5 Å². The molecule has 0 N–H and O–H groups in total. The maximum Gasteiger partial charge on any atom is 0.235 e. The highest BCUT2D eigenvalue weighted by atomic mass is 127. The van der Waals surface area contributed by atoms with Crippen LogP contribution in [-0.2, 0) is 25.7 Å². The first-order valence-corrected chi connectivity index (χ1v) is 36.0. The summed E-state index contributed by atoms with van der Waals surface area (Å²) in [6.07, 6.45) is 22.6. The molecule has 340 valence electrons. The normalized spacial score (nSPS) is 13.6. The highest BCUT2D eigenvalue weighted by molar-refractivity contribution is 14.1. The maximum atomic E-state index is 13.7. The van der Waals surface area contributed by atoms with Gasteiger partial charge >= 0.3 is 0 Å². The molecule has 2 aliphatic rings. The van der Waals surface area contributed by atoms with Crippen molar-refractivity contribution in [2.75, 3.05) is 0 Å². The molecular weight excluding hydrogens is 1100 g/mol. The van der Waals surface area contributed by atoms with E-state index >= 15 is 0 Å². The van der Waals surface area contributed by atoms with Gasteiger partial charge in [0.2, 0.25) is 23.1 Å². The van der Waals surface area contributed by atoms with Gasteiger partial charge in [-0.3, -0.25) is 19.2 Å². The fourth-order valence-electron chi connectivity index (χ4n) is 8.91. The largest absolute Gasteiger partial charge is 0.285 e. The standard InChI is InChI=1S/C28H44O2S2Si2.C22H26I2O2S2/c1-9-11-13-15-17-19-21-23(29)24(30)22-20(18-16-14-12-10-2)28(34(6,7)8)32-26(22)25(21)31-27(19)33(3,4)5;1-3-5-7-9-11-13-15-17(25)18(26)16-14(12-10-8-6-4-2)22(24)28-20(16)19(15)27-21(13)23/h9-18H2,1-8H3;3-12H2,1-2H3. The Hall–Kier alpha value is -0.626. The summed E-state index contributed by atoms with van der Waals surface area (Å²) < 4.78 is 5.24. The summed E-state index contributed by atoms with van der Waals surface area (Å²) in [7, 11) is -3.28. The molecule has 0 fully saturated rings. The Bertz CT molecular complexity index is 2090. The molecule has 0 unspecified atom stereocenters. The maximum absolute atomic E-state index is 13.7. The van der Waals surface area contributed by atoms with Crippen LogP contribution in [0.5, 0.6) is 0 Å². The number of fused-ring (bicyclic) bond motifs is 6. The third-order valence-corrected chi connectivity index (χ3v) is 26.8. The average Bonchev–Trinajstić information content (AvgIpc) is 3.97. The number of unbranched alkanes of at least 4 members (excludes halogenated alkanes) is 12. The predicted molar refractivity (Wildman–Crippen MR) is 295 cm³/mol. The molecule has 6 rings (SSSR count). The van der Waals surface area contributed by atoms with Crippen LogP contribution in [0.15, 0.2) is 0 Å². The van der Waals surface area contributed by atoms with Gasteiger partial charge in [0, 0.05) is 22.3 Å². The number of ketones is 4. The molecule has 0 saturated heterocycles. The van der Waals surface area contributed by atoms with Crippen LogP contribution in [0.4, 0.5) is 0 Å². The molecule has 12 heteroatoms. The Morgan fingerprint density at radius 3 is 0.855 bits per heavy atom. The smallest absolute Gasteiger partial charge is 0.235 e. The molecule has 2 aliphatic carbocycles. The van der Waals surface area contributed by atoms with E-state index in [-0.39, 0.29) is 23.1 Å². The first-order chi connectivity index (χ1) is 29.4. The number of carbonyl (C=O) groups is 4. The summed E-state index contributed by atoms with van der Waals surface area (Å²) in [4.78, 5) is 58.0. The SMILES string of the molecule is CCCCCCc1c(I)sc2c1C(=O)C(=O)c1c-2sc(I)c1CCCCCC.CCCCCCc1c([Si](C)(C)C)sc2c1C(=O)C(=O)c1c-2sc([Si](C)(C)C)c1CCCCCC. The minimum absolute atomic E-state index is 0.219. The zero-order valence-corrected chi connectivity index (χ0v) is 48.7. The summed E-state index contributed by atoms with van der Waals surface area (Å²) in [6, 6.07) is 0. The van der Waals surface area contributed by atoms with E-state index in [1.54, 1.807) is 22.7 Å². The Kier molecular flexibility index (Phi) is 19.8. The van der Waals surface area contributed by atoms with Crippen LogP contribution in [0.1, 0.15) is 194 Å². The summed E-state index contributed by atoms with van der Waals surface area (Å²) in [5.74, 6) is -0.973. The van der Waals surface area contributed by atoms with Crippen molar-refractivity contribution in [1.29, 1.82) is 0 Å². The van der Waals surface area contributed by atoms with Crippen molar-refractivity contribution in [3.63, 3.8) is 0 Å². The molecule has 0 radical (unpaired) electrons. The summed E-state index contributed by atoms with van der Waals surface area (Å²) in [5, 5.41) is 0. The predicted octanol–water partition coefficient (Wildman–Crippen LogP) is 16.5. The van der Waals surface area contributed by atoms with Gasteiger partial charge in [-0.1, -0.05) is 144 Å². The van der Waals surface area contributed by atoms with Crippen molar-refractivity contribution in [3.05, 3.63) is 50.3 Å². The topological polar surface area (TPSA) is 68.3 Å². The number of carbonyl (C=O) groups excluding carboxylic acids is 4. The molecule has 0 aliphatic heterocycles. The number of hydrogen-bond donors (Lipinski definition) is 0. The molecule has 4 aromatic heterocycles. The van der Waals surface area contributed by atoms with Crippen LogP contribution >= 0.6 is 90.5 Å². The molecule has 0 spiro atoms. The lowest BCUT2D eigenvalue weighted by atomic mass is 9.88. The van der Waals surface area contributed by atoms with Crippen molar-refractivity contribution in [2.45, 2.75) is 195 Å². The van der Waals surface area contributed by atoms with Crippen molar-refractivity contribution < 1.29 is 19.2 Å². The van der Waals surface area contributed by atoms with E-state index in [4.69, 9.17) is 0 Å². The first-order valence-electron chi connectivity index (χ1n) is 23.6. The van der Waals surface area contributed by atoms with E-state index in [2.05, 4.69) is 112 Å². The number of hydrogen-bond acceptors (Lipinski definition) is 8. The second-order valence-electron chi connectivity index (χ2n) is 19.4. The monoisotopic (exact) mass is 1170 g/mol. The van der Waals surface area contributed by atoms with E-state index in [0.29, 0.717) is 0 Å². The summed E-state index contributed by atoms with van der Waals surface area (Å²) >= 11 is 11.9. The zero-order valence-electron chi connectivity index (χ0n) is 39.2. The van der Waals surface area contributed by atoms with Gasteiger partial charge in [-0.05, 0) is 128 Å². The van der Waals surface area contributed by atoms with Gasteiger partial charge in [-0.25, -0.2) is 0 Å². The quantitative estimate of drug-likeness (QED) is 0.0340. The first kappa shape index (κ1) is 52.3. The van der Waals surface area contributed by atoms with Gasteiger partial charge in [0.1, 0.15) is 0 Å². The third-order valence-electron chi connectivity index (χ3n) is 12.1. The molecule has 4 nitrogen and oxygen atoms in total. The number of Topliss-reactive ketones (excluding diaryl/α,β-unsaturated/α-hetero) is 4. The van der Waals surface area contributed by atoms with Crippen LogP contribution < -0.4 is 9.00 Å². The molecule has 0 amide bonds. The second-order valence-corrected chi connectivity index (χ2v) is 37.8. The number of rotatable bonds is 22. The highest BCUT2D eigenvalue weighted by Crippen LogP contribution is 2.50. The third kappa shape index (κ3) is 11.7. The Balaban J connectivity index is 0.000000238. The van der Waals surface area contributed by atoms with Crippen LogP contribution in [0.25, 0.3) is 19.5 Å². The van der Waals surface area contributed by atoms with Gasteiger partial charge < -0.3 is 0 Å². The molecule has 0 aromatic carbocycles. The van der Waals surface area contributed by atoms with Gasteiger partial charge in [0.05, 0.1) is 41.4 Å². The summed E-state index contributed by atoms with van der Waals surface area (Å²) in [5.41, 5.74) is 7.72. The fourth-order valence-corrected chi connectivity index (χ4v) is 21.3. The molecule has 4 heterocycles. The van der Waals surface area contributed by atoms with Gasteiger partial charge in [-0.2, -0.15) is 0 Å². The van der Waals surface area contributed by atoms with Crippen LogP contribution in [0.2, 0.25) is 39.3 Å². The highest BCUT2D eigenvalue weighted by Gasteiger charge is 2.43. The molecule has 62 heavy (non-hydrogen) atoms. The van der Waals surface area contributed by atoms with Crippen LogP contribution in [0.3, 0.4) is 0 Å². The van der Waals surface area contributed by atoms with Crippen molar-refractivity contribution >= 4 is 139 Å². The lowest BCUT2D eigenvalue weighted by molar-refractivity contribution is 0.0815. The second kappa shape index (κ2) is 23.4. The van der Waals surface area contributed by atoms with Gasteiger partial charge in [0.25, 0.3) is 0 Å². The Morgan fingerprint density at radius 1 is 0.355 bits per heavy atom. The number of halogens is 2. The van der Waals surface area contributed by atoms with Crippen molar-refractivity contribution in [2.24, 2.45) is 0 Å². The average molecular weight is 1170 g/mol. The van der Waals surface area contributed by atoms with Gasteiger partial charge in [0.15, 0.2) is 0 Å². The van der Waals surface area contributed by atoms with Crippen molar-refractivity contribution in [1.82, 2.24) is 0 Å². The van der Waals surface area contributed by atoms with E-state index in [0.717, 1.165) is 104 Å². The molecule has 0 atom stereocenters. The summed E-state index contributed by atoms with van der Waals surface area (Å²) in [6.45, 7) is 23.2. The lowest BCUT2D eigenvalue weighted by Crippen LogP contribution is -2.38. The van der Waals surface area contributed by atoms with E-state index in [9.17, 15) is 19.2 Å². The Morgan fingerprint density at radius 2 is 0.597 bits per heavy atom. The minimum Gasteiger partial charge on any atom is -0.285 e. The Labute approximate surface area is 418 Å². The molecule has 0 saturated carbocycles. The molecule has 4 aromatic rings. The fraction of sp³-hybridized carbons (Fsp3) is 0.600. The zero-order chi connectivity index (χ0) is 45.5. The van der Waals surface area contributed by atoms with E-state index in [1.165, 1.54) is 103 Å². The lowest BCUT2D eigenvalue weighted by Gasteiger charge is -2.19. The van der Waals surface area contributed by atoms with Crippen LogP contribution in [-0.4, -0.2) is 39.3 Å². The van der Waals surface area contributed by atoms with Crippen LogP contribution in [0, 0.1) is 5.77 Å². The van der Waals surface area contributed by atoms with E-state index in [1.807, 2.05) is 22.7 Å². The minimum atomic E-state index is -1.64. The number of thiophene rings is 4. The molecule has 0 bridgehead atoms. The van der Waals surface area contributed by atoms with E-state index < -0.39 is 16.1 Å². The van der Waals surface area contributed by atoms with Gasteiger partial charge in [-0.15, -0.1) is 45.3 Å². The molecular formula is C50H70I2O4S4Si2.